The number of sulfone groups is 2. The molecule has 0 spiro atoms. The fourth-order valence-corrected chi connectivity index (χ4v) is 8.23. The second-order valence-corrected chi connectivity index (χ2v) is 17.9. The van der Waals surface area contributed by atoms with Crippen molar-refractivity contribution in [3.63, 3.8) is 0 Å². The van der Waals surface area contributed by atoms with Gasteiger partial charge in [0.2, 0.25) is 0 Å². The average molecular weight is 734 g/mol. The third kappa shape index (κ3) is 22.8. The first-order chi connectivity index (χ1) is 20.8. The molecule has 11 heteroatoms. The van der Waals surface area contributed by atoms with Crippen molar-refractivity contribution in [1.29, 1.82) is 0 Å². The first-order valence-corrected chi connectivity index (χ1v) is 20.5. The smallest absolute Gasteiger partial charge is 0.153 e. The van der Waals surface area contributed by atoms with Crippen LogP contribution in [-0.4, -0.2) is 86.9 Å². The molecule has 0 amide bonds. The zero-order chi connectivity index (χ0) is 34.8. The number of hydrazine groups is 2. The molecule has 2 heterocycles. The van der Waals surface area contributed by atoms with Crippen LogP contribution in [0, 0.1) is 0 Å². The number of rotatable bonds is 10. The minimum absolute atomic E-state index is 0.0289. The van der Waals surface area contributed by atoms with Gasteiger partial charge in [-0.05, 0) is 82.1 Å². The van der Waals surface area contributed by atoms with Gasteiger partial charge in [-0.1, -0.05) is 85.8 Å². The summed E-state index contributed by atoms with van der Waals surface area (Å²) in [5.41, 5.74) is 11.2. The maximum Gasteiger partial charge on any atom is 0.153 e. The highest BCUT2D eigenvalue weighted by atomic mass is 79.9. The lowest BCUT2D eigenvalue weighted by Gasteiger charge is -2.33. The summed E-state index contributed by atoms with van der Waals surface area (Å²) in [6, 6.07) is 0.0161. The molecule has 8 nitrogen and oxygen atoms in total. The van der Waals surface area contributed by atoms with Gasteiger partial charge < -0.3 is 0 Å². The Bertz CT molecular complexity index is 1310. The summed E-state index contributed by atoms with van der Waals surface area (Å²) in [4.78, 5) is 0. The van der Waals surface area contributed by atoms with Crippen LogP contribution in [0.25, 0.3) is 0 Å². The van der Waals surface area contributed by atoms with E-state index in [1.165, 1.54) is 33.4 Å². The zero-order valence-corrected chi connectivity index (χ0v) is 32.7. The lowest BCUT2D eigenvalue weighted by atomic mass is 10.1. The second kappa shape index (κ2) is 22.3. The van der Waals surface area contributed by atoms with Crippen LogP contribution in [0.1, 0.15) is 82.1 Å². The Hall–Kier alpha value is -1.34. The van der Waals surface area contributed by atoms with Crippen molar-refractivity contribution in [3.8, 4) is 0 Å². The summed E-state index contributed by atoms with van der Waals surface area (Å²) in [6.45, 7) is 22.6. The van der Waals surface area contributed by atoms with E-state index in [1.807, 2.05) is 13.8 Å². The molecule has 3 N–H and O–H groups in total. The maximum absolute atomic E-state index is 11.5. The van der Waals surface area contributed by atoms with E-state index in [0.717, 1.165) is 24.7 Å². The first kappa shape index (κ1) is 43.7. The van der Waals surface area contributed by atoms with Gasteiger partial charge >= 0.3 is 0 Å². The molecular weight excluding hydrogens is 672 g/mol. The summed E-state index contributed by atoms with van der Waals surface area (Å²) in [7, 11) is -5.63. The van der Waals surface area contributed by atoms with Crippen LogP contribution in [-0.2, 0) is 19.7 Å². The van der Waals surface area contributed by atoms with Crippen LogP contribution in [0.4, 0.5) is 0 Å². The van der Waals surface area contributed by atoms with Crippen molar-refractivity contribution in [3.05, 3.63) is 69.9 Å². The highest BCUT2D eigenvalue weighted by Gasteiger charge is 2.27. The molecule has 0 saturated carbocycles. The van der Waals surface area contributed by atoms with Crippen LogP contribution in [0.3, 0.4) is 0 Å². The Kier molecular flexibility index (Phi) is 21.6. The second-order valence-electron chi connectivity index (χ2n) is 12.6. The highest BCUT2D eigenvalue weighted by Crippen LogP contribution is 2.10. The largest absolute Gasteiger partial charge is 0.268 e. The molecule has 2 aliphatic heterocycles. The van der Waals surface area contributed by atoms with Crippen molar-refractivity contribution in [2.75, 3.05) is 48.0 Å². The van der Waals surface area contributed by atoms with E-state index in [-0.39, 0.29) is 35.1 Å². The Morgan fingerprint density at radius 1 is 0.711 bits per heavy atom. The molecule has 45 heavy (non-hydrogen) atoms. The van der Waals surface area contributed by atoms with Gasteiger partial charge in [0.05, 0.1) is 23.0 Å². The number of nitrogens with two attached hydrogens (primary N) is 1. The van der Waals surface area contributed by atoms with Gasteiger partial charge in [0, 0.05) is 37.0 Å². The van der Waals surface area contributed by atoms with Crippen LogP contribution in [0.2, 0.25) is 0 Å². The predicted octanol–water partition coefficient (Wildman–Crippen LogP) is 6.47. The fourth-order valence-electron chi connectivity index (χ4n) is 4.87. The SMILES string of the molecule is CC(C)=C/C(C)=C/C(C)=C/CCBr.CC(C)=C/C(C)=C/C(C)=C/CCNN1CCS(=O)(=O)CC1C.CC1CS(=O)(=O)CCN1N. The Morgan fingerprint density at radius 2 is 1.16 bits per heavy atom. The van der Waals surface area contributed by atoms with Crippen molar-refractivity contribution < 1.29 is 16.8 Å². The van der Waals surface area contributed by atoms with E-state index in [4.69, 9.17) is 5.84 Å². The minimum atomic E-state index is -2.84. The van der Waals surface area contributed by atoms with E-state index < -0.39 is 19.7 Å². The molecule has 2 unspecified atom stereocenters. The predicted molar refractivity (Wildman–Crippen MR) is 199 cm³/mol. The van der Waals surface area contributed by atoms with Crippen LogP contribution < -0.4 is 11.3 Å². The van der Waals surface area contributed by atoms with Crippen LogP contribution in [0.15, 0.2) is 69.9 Å². The molecule has 0 radical (unpaired) electrons. The number of nitrogens with one attached hydrogen (secondary N) is 1. The number of allylic oxidation sites excluding steroid dienone is 11. The summed E-state index contributed by atoms with van der Waals surface area (Å²) in [5.74, 6) is 6.37. The molecule has 0 aromatic carbocycles. The van der Waals surface area contributed by atoms with Crippen LogP contribution >= 0.6 is 15.9 Å². The van der Waals surface area contributed by atoms with Crippen molar-refractivity contribution in [2.45, 2.75) is 94.2 Å². The fraction of sp³-hybridized carbons (Fsp3) is 0.647. The van der Waals surface area contributed by atoms with E-state index in [1.54, 1.807) is 5.01 Å². The molecule has 2 atom stereocenters. The number of nitrogens with zero attached hydrogens (tertiary/aromatic N) is 2. The molecule has 0 aromatic rings. The molecule has 2 aliphatic rings. The number of hydrogen-bond acceptors (Lipinski definition) is 8. The molecule has 260 valence electrons. The number of halogens is 1. The zero-order valence-electron chi connectivity index (χ0n) is 29.5. The van der Waals surface area contributed by atoms with Gasteiger partial charge in [0.1, 0.15) is 0 Å². The maximum atomic E-state index is 11.5. The summed E-state index contributed by atoms with van der Waals surface area (Å²) >= 11 is 3.41. The summed E-state index contributed by atoms with van der Waals surface area (Å²) in [6.07, 6.45) is 15.3. The average Bonchev–Trinajstić information content (AvgIpc) is 2.88. The molecule has 0 bridgehead atoms. The van der Waals surface area contributed by atoms with Gasteiger partial charge in [0.15, 0.2) is 19.7 Å². The van der Waals surface area contributed by atoms with E-state index in [2.05, 4.69) is 118 Å². The molecular formula is C34H61BrN4O4S2. The van der Waals surface area contributed by atoms with E-state index >= 15 is 0 Å². The highest BCUT2D eigenvalue weighted by molar-refractivity contribution is 9.09. The van der Waals surface area contributed by atoms with Crippen LogP contribution in [0.5, 0.6) is 0 Å². The van der Waals surface area contributed by atoms with Gasteiger partial charge in [-0.25, -0.2) is 26.9 Å². The Balaban J connectivity index is 0.000000712. The van der Waals surface area contributed by atoms with Gasteiger partial charge in [-0.15, -0.1) is 0 Å². The molecule has 2 fully saturated rings. The lowest BCUT2D eigenvalue weighted by molar-refractivity contribution is 0.149. The normalized spacial score (nSPS) is 22.8. The van der Waals surface area contributed by atoms with Gasteiger partial charge in [-0.2, -0.15) is 0 Å². The van der Waals surface area contributed by atoms with Gasteiger partial charge in [-0.3, -0.25) is 11.3 Å². The minimum Gasteiger partial charge on any atom is -0.268 e. The van der Waals surface area contributed by atoms with Crippen molar-refractivity contribution in [1.82, 2.24) is 15.4 Å². The third-order valence-corrected chi connectivity index (χ3v) is 10.9. The summed E-state index contributed by atoms with van der Waals surface area (Å²) in [5, 5.41) is 4.66. The lowest BCUT2D eigenvalue weighted by Crippen LogP contribution is -2.53. The molecule has 2 rings (SSSR count). The molecule has 2 saturated heterocycles. The Labute approximate surface area is 284 Å². The quantitative estimate of drug-likeness (QED) is 0.114. The molecule has 0 aromatic heterocycles. The van der Waals surface area contributed by atoms with Crippen molar-refractivity contribution >= 4 is 35.6 Å². The Morgan fingerprint density at radius 3 is 1.56 bits per heavy atom. The number of hydrogen-bond donors (Lipinski definition) is 2. The standard InChI is InChI=1S/C17H30N2O2S.C12H19Br.C5H12N2O2S/c1-14(2)11-16(4)12-15(3)7-6-8-18-19-9-10-22(20,21)13-17(19)5;1-10(2)8-12(4)9-11(3)6-5-7-13;1-5-4-10(8,9)3-2-7(5)6/h7,11-12,17-18H,6,8-10,13H2,1-5H3;6,8-9H,5,7H2,1-4H3;5H,2-4,6H2,1H3/b15-7+,16-12+;11-6+,12-9+;. The topological polar surface area (TPSA) is 113 Å². The van der Waals surface area contributed by atoms with Gasteiger partial charge in [0.25, 0.3) is 0 Å². The monoisotopic (exact) mass is 732 g/mol. The molecule has 0 aliphatic carbocycles. The van der Waals surface area contributed by atoms with E-state index in [9.17, 15) is 16.8 Å². The first-order valence-electron chi connectivity index (χ1n) is 15.7. The number of alkyl halides is 1. The third-order valence-electron chi connectivity index (χ3n) is 6.84. The summed E-state index contributed by atoms with van der Waals surface area (Å²) < 4.78 is 44.9. The van der Waals surface area contributed by atoms with E-state index in [0.29, 0.717) is 13.1 Å². The van der Waals surface area contributed by atoms with Crippen molar-refractivity contribution in [2.24, 2.45) is 5.84 Å².